The van der Waals surface area contributed by atoms with Gasteiger partial charge in [0.25, 0.3) is 0 Å². The van der Waals surface area contributed by atoms with E-state index in [4.69, 9.17) is 4.74 Å². The predicted molar refractivity (Wildman–Crippen MR) is 68.5 cm³/mol. The summed E-state index contributed by atoms with van der Waals surface area (Å²) in [4.78, 5) is 11.2. The first kappa shape index (κ1) is 16.3. The van der Waals surface area contributed by atoms with Crippen molar-refractivity contribution in [3.63, 3.8) is 0 Å². The molecule has 0 fully saturated rings. The molecule has 0 bridgehead atoms. The van der Waals surface area contributed by atoms with Gasteiger partial charge in [-0.3, -0.25) is 4.79 Å². The molecule has 4 nitrogen and oxygen atoms in total. The fourth-order valence-corrected chi connectivity index (χ4v) is 1.39. The van der Waals surface area contributed by atoms with Crippen molar-refractivity contribution in [3.05, 3.63) is 30.3 Å². The number of rotatable bonds is 8. The molecule has 20 heavy (non-hydrogen) atoms. The van der Waals surface area contributed by atoms with Crippen molar-refractivity contribution in [1.82, 2.24) is 10.6 Å². The molecule has 0 aliphatic rings. The molecule has 2 N–H and O–H groups in total. The third-order valence-corrected chi connectivity index (χ3v) is 2.27. The van der Waals surface area contributed by atoms with Crippen molar-refractivity contribution in [2.45, 2.75) is 12.6 Å². The summed E-state index contributed by atoms with van der Waals surface area (Å²) in [5.41, 5.74) is 0. The number of carbonyl (C=O) groups excluding carboxylic acids is 1. The standard InChI is InChI=1S/C13H17F3N2O2/c14-13(15,16)10-17-9-12(19)18-7-4-8-20-11-5-2-1-3-6-11/h1-3,5-6,17H,4,7-10H2,(H,18,19). The summed E-state index contributed by atoms with van der Waals surface area (Å²) in [6.07, 6.45) is -3.72. The van der Waals surface area contributed by atoms with Crippen LogP contribution in [0.2, 0.25) is 0 Å². The Bertz CT molecular complexity index is 396. The van der Waals surface area contributed by atoms with Crippen LogP contribution in [-0.2, 0) is 4.79 Å². The molecule has 0 aliphatic carbocycles. The summed E-state index contributed by atoms with van der Waals surface area (Å²) in [7, 11) is 0. The van der Waals surface area contributed by atoms with Crippen LogP contribution in [0.15, 0.2) is 30.3 Å². The molecule has 7 heteroatoms. The fraction of sp³-hybridized carbons (Fsp3) is 0.462. The van der Waals surface area contributed by atoms with Crippen molar-refractivity contribution in [1.29, 1.82) is 0 Å². The Morgan fingerprint density at radius 2 is 1.90 bits per heavy atom. The number of para-hydroxylation sites is 1. The lowest BCUT2D eigenvalue weighted by atomic mass is 10.3. The van der Waals surface area contributed by atoms with Crippen molar-refractivity contribution in [2.24, 2.45) is 0 Å². The zero-order valence-electron chi connectivity index (χ0n) is 10.9. The average molecular weight is 290 g/mol. The van der Waals surface area contributed by atoms with E-state index < -0.39 is 18.6 Å². The zero-order chi connectivity index (χ0) is 14.8. The van der Waals surface area contributed by atoms with Crippen molar-refractivity contribution < 1.29 is 22.7 Å². The predicted octanol–water partition coefficient (Wildman–Crippen LogP) is 1.72. The fourth-order valence-electron chi connectivity index (χ4n) is 1.39. The molecular weight excluding hydrogens is 273 g/mol. The molecule has 0 saturated carbocycles. The van der Waals surface area contributed by atoms with Crippen LogP contribution >= 0.6 is 0 Å². The summed E-state index contributed by atoms with van der Waals surface area (Å²) in [5, 5.41) is 4.53. The van der Waals surface area contributed by atoms with Crippen LogP contribution in [0, 0.1) is 0 Å². The molecule has 0 heterocycles. The van der Waals surface area contributed by atoms with Gasteiger partial charge in [0.05, 0.1) is 19.7 Å². The quantitative estimate of drug-likeness (QED) is 0.717. The molecule has 0 saturated heterocycles. The second-order valence-electron chi connectivity index (χ2n) is 4.08. The SMILES string of the molecule is O=C(CNCC(F)(F)F)NCCCOc1ccccc1. The molecule has 0 spiro atoms. The molecule has 0 radical (unpaired) electrons. The normalized spacial score (nSPS) is 11.2. The maximum atomic E-state index is 11.8. The minimum Gasteiger partial charge on any atom is -0.494 e. The van der Waals surface area contributed by atoms with Gasteiger partial charge in [0, 0.05) is 6.54 Å². The Labute approximate surface area is 115 Å². The number of carbonyl (C=O) groups is 1. The number of amides is 1. The Morgan fingerprint density at radius 1 is 1.20 bits per heavy atom. The summed E-state index contributed by atoms with van der Waals surface area (Å²) in [5.74, 6) is 0.277. The molecule has 1 aromatic carbocycles. The van der Waals surface area contributed by atoms with Gasteiger partial charge in [0.2, 0.25) is 5.91 Å². The summed E-state index contributed by atoms with van der Waals surface area (Å²) in [6, 6.07) is 9.22. The van der Waals surface area contributed by atoms with Crippen LogP contribution in [0.1, 0.15) is 6.42 Å². The minimum atomic E-state index is -4.30. The van der Waals surface area contributed by atoms with Gasteiger partial charge in [-0.05, 0) is 18.6 Å². The van der Waals surface area contributed by atoms with Gasteiger partial charge in [0.15, 0.2) is 0 Å². The smallest absolute Gasteiger partial charge is 0.401 e. The second kappa shape index (κ2) is 8.42. The molecule has 1 amide bonds. The monoisotopic (exact) mass is 290 g/mol. The van der Waals surface area contributed by atoms with Gasteiger partial charge in [-0.1, -0.05) is 18.2 Å². The van der Waals surface area contributed by atoms with Crippen molar-refractivity contribution >= 4 is 5.91 Å². The molecule has 1 rings (SSSR count). The molecular formula is C13H17F3N2O2. The van der Waals surface area contributed by atoms with Gasteiger partial charge < -0.3 is 15.4 Å². The second-order valence-corrected chi connectivity index (χ2v) is 4.08. The number of nitrogens with one attached hydrogen (secondary N) is 2. The summed E-state index contributed by atoms with van der Waals surface area (Å²) < 4.78 is 40.8. The van der Waals surface area contributed by atoms with Crippen LogP contribution in [0.3, 0.4) is 0 Å². The first-order valence-corrected chi connectivity index (χ1v) is 6.19. The van der Waals surface area contributed by atoms with E-state index in [0.29, 0.717) is 19.6 Å². The maximum absolute atomic E-state index is 11.8. The highest BCUT2D eigenvalue weighted by atomic mass is 19.4. The average Bonchev–Trinajstić information content (AvgIpc) is 2.38. The number of ether oxygens (including phenoxy) is 1. The van der Waals surface area contributed by atoms with Gasteiger partial charge in [-0.2, -0.15) is 13.2 Å². The summed E-state index contributed by atoms with van der Waals surface area (Å²) in [6.45, 7) is -0.726. The van der Waals surface area contributed by atoms with E-state index in [9.17, 15) is 18.0 Å². The third kappa shape index (κ3) is 8.36. The van der Waals surface area contributed by atoms with E-state index in [-0.39, 0.29) is 6.54 Å². The van der Waals surface area contributed by atoms with E-state index in [0.717, 1.165) is 5.75 Å². The zero-order valence-corrected chi connectivity index (χ0v) is 10.9. The number of hydrogen-bond donors (Lipinski definition) is 2. The van der Waals surface area contributed by atoms with Gasteiger partial charge >= 0.3 is 6.18 Å². The van der Waals surface area contributed by atoms with Crippen LogP contribution < -0.4 is 15.4 Å². The molecule has 0 aliphatic heterocycles. The van der Waals surface area contributed by atoms with Gasteiger partial charge in [0.1, 0.15) is 5.75 Å². The first-order valence-electron chi connectivity index (χ1n) is 6.19. The Morgan fingerprint density at radius 3 is 2.55 bits per heavy atom. The van der Waals surface area contributed by atoms with E-state index in [1.165, 1.54) is 0 Å². The van der Waals surface area contributed by atoms with Crippen molar-refractivity contribution in [2.75, 3.05) is 26.2 Å². The Hall–Kier alpha value is -1.76. The maximum Gasteiger partial charge on any atom is 0.401 e. The highest BCUT2D eigenvalue weighted by Gasteiger charge is 2.26. The van der Waals surface area contributed by atoms with Crippen LogP contribution in [-0.4, -0.2) is 38.3 Å². The number of hydrogen-bond acceptors (Lipinski definition) is 3. The topological polar surface area (TPSA) is 50.4 Å². The minimum absolute atomic E-state index is 0.348. The first-order chi connectivity index (χ1) is 9.47. The van der Waals surface area contributed by atoms with E-state index in [2.05, 4.69) is 5.32 Å². The van der Waals surface area contributed by atoms with E-state index in [1.807, 2.05) is 35.6 Å². The molecule has 0 aromatic heterocycles. The third-order valence-electron chi connectivity index (χ3n) is 2.27. The number of benzene rings is 1. The highest BCUT2D eigenvalue weighted by Crippen LogP contribution is 2.11. The highest BCUT2D eigenvalue weighted by molar-refractivity contribution is 5.77. The number of alkyl halides is 3. The summed E-state index contributed by atoms with van der Waals surface area (Å²) >= 11 is 0. The van der Waals surface area contributed by atoms with Gasteiger partial charge in [-0.25, -0.2) is 0 Å². The Kier molecular flexibility index (Phi) is 6.86. The van der Waals surface area contributed by atoms with Crippen LogP contribution in [0.4, 0.5) is 13.2 Å². The van der Waals surface area contributed by atoms with Gasteiger partial charge in [-0.15, -0.1) is 0 Å². The van der Waals surface area contributed by atoms with E-state index >= 15 is 0 Å². The lowest BCUT2D eigenvalue weighted by Gasteiger charge is -2.09. The number of halogens is 3. The molecule has 0 atom stereocenters. The van der Waals surface area contributed by atoms with Crippen LogP contribution in [0.5, 0.6) is 5.75 Å². The van der Waals surface area contributed by atoms with Crippen LogP contribution in [0.25, 0.3) is 0 Å². The molecule has 112 valence electrons. The molecule has 0 unspecified atom stereocenters. The lowest BCUT2D eigenvalue weighted by molar-refractivity contribution is -0.128. The van der Waals surface area contributed by atoms with Crippen molar-refractivity contribution in [3.8, 4) is 5.75 Å². The van der Waals surface area contributed by atoms with E-state index in [1.54, 1.807) is 0 Å². The Balaban J connectivity index is 1.99. The lowest BCUT2D eigenvalue weighted by Crippen LogP contribution is -2.38. The largest absolute Gasteiger partial charge is 0.494 e. The molecule has 1 aromatic rings.